The molecule has 6 nitrogen and oxygen atoms in total. The second kappa shape index (κ2) is 8.75. The molecule has 1 aliphatic rings. The Morgan fingerprint density at radius 1 is 1.12 bits per heavy atom. The molecule has 1 aliphatic heterocycles. The van der Waals surface area contributed by atoms with E-state index in [0.717, 1.165) is 44.8 Å². The summed E-state index contributed by atoms with van der Waals surface area (Å²) in [5.41, 5.74) is 14.9. The van der Waals surface area contributed by atoms with Gasteiger partial charge in [0.15, 0.2) is 0 Å². The van der Waals surface area contributed by atoms with Crippen LogP contribution in [0.5, 0.6) is 0 Å². The minimum Gasteiger partial charge on any atom is -0.355 e. The number of anilines is 2. The molecule has 32 heavy (non-hydrogen) atoms. The van der Waals surface area contributed by atoms with E-state index in [1.54, 1.807) is 0 Å². The normalized spacial score (nSPS) is 13.9. The molecule has 4 rings (SSSR count). The molecule has 3 aromatic carbocycles. The average Bonchev–Trinajstić information content (AvgIpc) is 2.78. The molecular formula is C25H26N4O2S. The van der Waals surface area contributed by atoms with Crippen LogP contribution in [0, 0.1) is 18.3 Å². The fourth-order valence-corrected chi connectivity index (χ4v) is 5.05. The van der Waals surface area contributed by atoms with Crippen LogP contribution in [0.1, 0.15) is 27.8 Å². The van der Waals surface area contributed by atoms with Crippen molar-refractivity contribution >= 4 is 21.4 Å². The van der Waals surface area contributed by atoms with Crippen molar-refractivity contribution in [3.8, 4) is 17.2 Å². The maximum absolute atomic E-state index is 12.0. The van der Waals surface area contributed by atoms with Gasteiger partial charge in [-0.05, 0) is 77.1 Å². The third-order valence-corrected chi connectivity index (χ3v) is 7.20. The molecule has 0 amide bonds. The van der Waals surface area contributed by atoms with Crippen molar-refractivity contribution in [1.82, 2.24) is 4.31 Å². The van der Waals surface area contributed by atoms with Gasteiger partial charge in [-0.2, -0.15) is 9.57 Å². The van der Waals surface area contributed by atoms with Crippen LogP contribution in [0.15, 0.2) is 54.6 Å². The van der Waals surface area contributed by atoms with E-state index in [-0.39, 0.29) is 0 Å². The molecule has 0 radical (unpaired) electrons. The second-order valence-electron chi connectivity index (χ2n) is 8.13. The second-order valence-corrected chi connectivity index (χ2v) is 10.1. The zero-order valence-electron chi connectivity index (χ0n) is 18.2. The standard InChI is InChI=1S/C25H26N4O2S/c1-17-12-18(14-26)6-9-22(17)24-13-21(8-7-19(24)15-27)28-25-5-3-4-20-16-29(32(2,30)31)11-10-23(20)25/h3-9,12-13,28H,10-11,15-16,27H2,1-2H3. The smallest absolute Gasteiger partial charge is 0.211 e. The third kappa shape index (κ3) is 4.39. The van der Waals surface area contributed by atoms with Gasteiger partial charge in [0.1, 0.15) is 0 Å². The number of hydrogen-bond acceptors (Lipinski definition) is 5. The predicted molar refractivity (Wildman–Crippen MR) is 128 cm³/mol. The van der Waals surface area contributed by atoms with Crippen molar-refractivity contribution < 1.29 is 8.42 Å². The summed E-state index contributed by atoms with van der Waals surface area (Å²) in [6.07, 6.45) is 1.92. The lowest BCUT2D eigenvalue weighted by Gasteiger charge is -2.28. The fourth-order valence-electron chi connectivity index (χ4n) is 4.26. The average molecular weight is 447 g/mol. The van der Waals surface area contributed by atoms with Gasteiger partial charge in [0.2, 0.25) is 10.0 Å². The Labute approximate surface area is 189 Å². The number of sulfonamides is 1. The molecule has 3 aromatic rings. The minimum absolute atomic E-state index is 0.394. The Kier molecular flexibility index (Phi) is 6.02. The van der Waals surface area contributed by atoms with E-state index in [9.17, 15) is 13.7 Å². The number of fused-ring (bicyclic) bond motifs is 1. The van der Waals surface area contributed by atoms with Crippen molar-refractivity contribution in [3.63, 3.8) is 0 Å². The van der Waals surface area contributed by atoms with Crippen LogP contribution in [0.2, 0.25) is 0 Å². The van der Waals surface area contributed by atoms with Gasteiger partial charge in [0, 0.05) is 31.0 Å². The van der Waals surface area contributed by atoms with Gasteiger partial charge >= 0.3 is 0 Å². The summed E-state index contributed by atoms with van der Waals surface area (Å²) in [5.74, 6) is 0. The number of rotatable bonds is 5. The zero-order valence-corrected chi connectivity index (χ0v) is 19.0. The van der Waals surface area contributed by atoms with Crippen molar-refractivity contribution in [2.75, 3.05) is 18.1 Å². The predicted octanol–water partition coefficient (Wildman–Crippen LogP) is 4.05. The molecule has 0 aromatic heterocycles. The number of nitrogens with zero attached hydrogens (tertiary/aromatic N) is 2. The zero-order chi connectivity index (χ0) is 22.9. The molecular weight excluding hydrogens is 420 g/mol. The van der Waals surface area contributed by atoms with E-state index in [1.165, 1.54) is 10.6 Å². The van der Waals surface area contributed by atoms with E-state index in [1.807, 2.05) is 55.5 Å². The fraction of sp³-hybridized carbons (Fsp3) is 0.240. The lowest BCUT2D eigenvalue weighted by atomic mass is 9.94. The molecule has 0 saturated heterocycles. The molecule has 0 bridgehead atoms. The Morgan fingerprint density at radius 2 is 1.94 bits per heavy atom. The highest BCUT2D eigenvalue weighted by Crippen LogP contribution is 2.33. The van der Waals surface area contributed by atoms with Crippen LogP contribution in [-0.4, -0.2) is 25.5 Å². The molecule has 3 N–H and O–H groups in total. The quantitative estimate of drug-likeness (QED) is 0.616. The lowest BCUT2D eigenvalue weighted by Crippen LogP contribution is -2.35. The molecule has 0 atom stereocenters. The number of benzene rings is 3. The number of hydrogen-bond donors (Lipinski definition) is 2. The molecule has 0 saturated carbocycles. The maximum Gasteiger partial charge on any atom is 0.211 e. The summed E-state index contributed by atoms with van der Waals surface area (Å²) < 4.78 is 25.4. The third-order valence-electron chi connectivity index (χ3n) is 5.95. The van der Waals surface area contributed by atoms with Crippen LogP contribution in [0.25, 0.3) is 11.1 Å². The highest BCUT2D eigenvalue weighted by molar-refractivity contribution is 7.88. The van der Waals surface area contributed by atoms with Crippen molar-refractivity contribution in [3.05, 3.63) is 82.4 Å². The number of nitrogens with two attached hydrogens (primary N) is 1. The molecule has 7 heteroatoms. The van der Waals surface area contributed by atoms with E-state index >= 15 is 0 Å². The highest BCUT2D eigenvalue weighted by Gasteiger charge is 2.24. The largest absolute Gasteiger partial charge is 0.355 e. The summed E-state index contributed by atoms with van der Waals surface area (Å²) in [6.45, 7) is 3.28. The van der Waals surface area contributed by atoms with Crippen LogP contribution in [-0.2, 0) is 29.5 Å². The first-order valence-corrected chi connectivity index (χ1v) is 12.3. The molecule has 0 fully saturated rings. The Bertz CT molecular complexity index is 1330. The number of nitriles is 1. The Balaban J connectivity index is 1.69. The van der Waals surface area contributed by atoms with E-state index in [4.69, 9.17) is 5.73 Å². The summed E-state index contributed by atoms with van der Waals surface area (Å²) >= 11 is 0. The van der Waals surface area contributed by atoms with Crippen molar-refractivity contribution in [2.45, 2.75) is 26.4 Å². The van der Waals surface area contributed by atoms with Crippen LogP contribution in [0.4, 0.5) is 11.4 Å². The Morgan fingerprint density at radius 3 is 2.62 bits per heavy atom. The van der Waals surface area contributed by atoms with E-state index < -0.39 is 10.0 Å². The first kappa shape index (κ1) is 22.0. The van der Waals surface area contributed by atoms with Gasteiger partial charge < -0.3 is 11.1 Å². The molecule has 1 heterocycles. The molecule has 0 unspecified atom stereocenters. The molecule has 0 aliphatic carbocycles. The minimum atomic E-state index is -3.21. The SMILES string of the molecule is Cc1cc(C#N)ccc1-c1cc(Nc2cccc3c2CCN(S(C)(=O)=O)C3)ccc1CN. The van der Waals surface area contributed by atoms with Crippen LogP contribution >= 0.6 is 0 Å². The van der Waals surface area contributed by atoms with Gasteiger partial charge in [-0.25, -0.2) is 8.42 Å². The first-order chi connectivity index (χ1) is 15.3. The highest BCUT2D eigenvalue weighted by atomic mass is 32.2. The van der Waals surface area contributed by atoms with Gasteiger partial charge in [0.05, 0.1) is 17.9 Å². The van der Waals surface area contributed by atoms with Crippen molar-refractivity contribution in [2.24, 2.45) is 5.73 Å². The van der Waals surface area contributed by atoms with Gasteiger partial charge in [0.25, 0.3) is 0 Å². The van der Waals surface area contributed by atoms with Crippen LogP contribution in [0.3, 0.4) is 0 Å². The van der Waals surface area contributed by atoms with Gasteiger partial charge in [-0.15, -0.1) is 0 Å². The number of aryl methyl sites for hydroxylation is 1. The maximum atomic E-state index is 12.0. The summed E-state index contributed by atoms with van der Waals surface area (Å²) in [5, 5.41) is 12.7. The van der Waals surface area contributed by atoms with Crippen molar-refractivity contribution in [1.29, 1.82) is 5.26 Å². The Hall–Kier alpha value is -3.18. The van der Waals surface area contributed by atoms with Gasteiger partial charge in [-0.3, -0.25) is 0 Å². The summed E-state index contributed by atoms with van der Waals surface area (Å²) in [7, 11) is -3.21. The lowest BCUT2D eigenvalue weighted by molar-refractivity contribution is 0.395. The summed E-state index contributed by atoms with van der Waals surface area (Å²) in [4.78, 5) is 0. The molecule has 0 spiro atoms. The first-order valence-electron chi connectivity index (χ1n) is 10.5. The number of nitrogens with one attached hydrogen (secondary N) is 1. The molecule has 164 valence electrons. The summed E-state index contributed by atoms with van der Waals surface area (Å²) in [6, 6.07) is 19.9. The topological polar surface area (TPSA) is 99.2 Å². The monoisotopic (exact) mass is 446 g/mol. The van der Waals surface area contributed by atoms with E-state index in [0.29, 0.717) is 31.6 Å². The van der Waals surface area contributed by atoms with Gasteiger partial charge in [-0.1, -0.05) is 24.3 Å². The van der Waals surface area contributed by atoms with E-state index in [2.05, 4.69) is 17.5 Å². The van der Waals surface area contributed by atoms with Crippen LogP contribution < -0.4 is 11.1 Å².